The molecule has 4 saturated heterocycles. The maximum atomic E-state index is 13.8. The van der Waals surface area contributed by atoms with E-state index < -0.39 is 20.0 Å². The summed E-state index contributed by atoms with van der Waals surface area (Å²) in [5, 5.41) is 31.5. The standard InChI is InChI=1S/C24H29ClN6O4S.C21H23Cl2N5O3S.C3H7NO/c1-15-12-31-22(26-23(15)29-13-17(32)14-29)11-20(27-31)21-6-4-3-5-9-30(21)24(33)18-10-16(25)7-8-19(18)28-36(2,34)35;1-13-12-28-19(24-20(13)23)11-17(25-28)18-6-4-3-5-9-27(18)21(29)15-10-14(22)7-8-16(15)26-32(2,30)31;5-3-1-4-2-3/h7-8,10-12,17,21,28,32H,3-6,9,13-14H2,1-2H3;7-8,10-12,18,26H,3-6,9H2,1-2H3;3-5H,1-2H2. The molecule has 0 spiro atoms. The van der Waals surface area contributed by atoms with E-state index in [1.165, 1.54) is 24.3 Å². The van der Waals surface area contributed by atoms with Crippen molar-refractivity contribution in [3.05, 3.63) is 110 Å². The number of hydrogen-bond donors (Lipinski definition) is 5. The maximum absolute atomic E-state index is 13.8. The summed E-state index contributed by atoms with van der Waals surface area (Å²) in [6.45, 7) is 7.55. The lowest BCUT2D eigenvalue weighted by atomic mass is 10.0. The van der Waals surface area contributed by atoms with E-state index in [-0.39, 0.29) is 58.6 Å². The minimum absolute atomic E-state index is 0.0463. The summed E-state index contributed by atoms with van der Waals surface area (Å²) < 4.78 is 55.8. The van der Waals surface area contributed by atoms with Gasteiger partial charge in [0.2, 0.25) is 20.0 Å². The Bertz CT molecular complexity index is 3200. The van der Waals surface area contributed by atoms with E-state index in [1.807, 2.05) is 43.3 Å². The van der Waals surface area contributed by atoms with Crippen LogP contribution in [0.25, 0.3) is 11.3 Å². The smallest absolute Gasteiger partial charge is 0.256 e. The number of benzene rings is 2. The van der Waals surface area contributed by atoms with Gasteiger partial charge in [0.1, 0.15) is 11.0 Å². The van der Waals surface area contributed by atoms with Crippen LogP contribution in [-0.4, -0.2) is 142 Å². The van der Waals surface area contributed by atoms with Crippen LogP contribution in [0, 0.1) is 13.8 Å². The van der Waals surface area contributed by atoms with Gasteiger partial charge in [0.05, 0.1) is 70.7 Å². The van der Waals surface area contributed by atoms with Crippen molar-refractivity contribution in [3.63, 3.8) is 0 Å². The summed E-state index contributed by atoms with van der Waals surface area (Å²) in [5.74, 6) is 0.222. The number of nitrogens with one attached hydrogen (secondary N) is 3. The van der Waals surface area contributed by atoms with Gasteiger partial charge < -0.3 is 30.2 Å². The third-order valence-corrected chi connectivity index (χ3v) is 14.9. The number of nitrogens with zero attached hydrogens (tertiary/aromatic N) is 9. The number of carbonyl (C=O) groups is 2. The molecule has 4 aliphatic rings. The van der Waals surface area contributed by atoms with Crippen LogP contribution in [0.4, 0.5) is 17.2 Å². The SMILES string of the molecule is Cc1cn2nc(C3CCCCCN3C(=O)c3cc(Cl)ccc3NS(C)(=O)=O)cc2nc1Cl.Cc1cn2nc(C3CCCCCN3C(=O)c3cc(Cl)ccc3NS(C)(=O)=O)cc2nc1N1CC(O)C1.OC1CNC1. The van der Waals surface area contributed by atoms with E-state index in [2.05, 4.69) is 24.8 Å². The molecule has 2 unspecified atom stereocenters. The molecular weight excluding hydrogens is 1040 g/mol. The number of anilines is 3. The molecule has 0 bridgehead atoms. The Kier molecular flexibility index (Phi) is 16.7. The number of aliphatic hydroxyl groups excluding tert-OH is 2. The number of rotatable bonds is 9. The Morgan fingerprint density at radius 1 is 0.644 bits per heavy atom. The highest BCUT2D eigenvalue weighted by Gasteiger charge is 2.34. The van der Waals surface area contributed by atoms with Crippen LogP contribution in [0.3, 0.4) is 0 Å². The molecule has 25 heteroatoms. The average molecular weight is 1100 g/mol. The van der Waals surface area contributed by atoms with Crippen LogP contribution in [0.15, 0.2) is 60.9 Å². The van der Waals surface area contributed by atoms with Crippen molar-refractivity contribution in [2.75, 3.05) is 66.1 Å². The Labute approximate surface area is 439 Å². The highest BCUT2D eigenvalue weighted by atomic mass is 35.5. The van der Waals surface area contributed by atoms with Gasteiger partial charge in [-0.15, -0.1) is 0 Å². The third kappa shape index (κ3) is 13.3. The van der Waals surface area contributed by atoms with Crippen LogP contribution in [0.1, 0.15) is 107 Å². The average Bonchev–Trinajstić information content (AvgIpc) is 3.68. The molecule has 0 radical (unpaired) electrons. The van der Waals surface area contributed by atoms with E-state index in [0.29, 0.717) is 58.4 Å². The fourth-order valence-electron chi connectivity index (χ4n) is 9.17. The molecule has 0 saturated carbocycles. The molecule has 2 atom stereocenters. The second-order valence-corrected chi connectivity index (χ2v) is 23.7. The number of carbonyl (C=O) groups excluding carboxylic acids is 2. The Morgan fingerprint density at radius 2 is 1.10 bits per heavy atom. The number of hydrogen-bond acceptors (Lipinski definition) is 14. The molecule has 73 heavy (non-hydrogen) atoms. The van der Waals surface area contributed by atoms with Gasteiger partial charge in [0.25, 0.3) is 11.8 Å². The number of amides is 2. The largest absolute Gasteiger partial charge is 0.390 e. The minimum Gasteiger partial charge on any atom is -0.390 e. The Morgan fingerprint density at radius 3 is 1.52 bits per heavy atom. The number of sulfonamides is 2. The molecule has 392 valence electrons. The number of β-amino-alcohol motifs (C(OH)–C–C–N with tert-alkyl or cyclic N) is 2. The van der Waals surface area contributed by atoms with Crippen molar-refractivity contribution in [2.24, 2.45) is 0 Å². The zero-order valence-electron chi connectivity index (χ0n) is 40.8. The maximum Gasteiger partial charge on any atom is 0.256 e. The van der Waals surface area contributed by atoms with Crippen molar-refractivity contribution < 1.29 is 36.6 Å². The molecule has 4 aromatic heterocycles. The van der Waals surface area contributed by atoms with E-state index in [9.17, 15) is 31.5 Å². The van der Waals surface area contributed by atoms with Gasteiger partial charge in [-0.1, -0.05) is 60.5 Å². The molecule has 4 fully saturated rings. The van der Waals surface area contributed by atoms with Crippen molar-refractivity contribution in [3.8, 4) is 0 Å². The topological polar surface area (TPSA) is 249 Å². The first kappa shape index (κ1) is 53.9. The van der Waals surface area contributed by atoms with Crippen molar-refractivity contribution in [2.45, 2.75) is 89.5 Å². The van der Waals surface area contributed by atoms with Gasteiger partial charge in [-0.05, 0) is 75.9 Å². The lowest BCUT2D eigenvalue weighted by molar-refractivity contribution is 0.0670. The summed E-state index contributed by atoms with van der Waals surface area (Å²) in [7, 11) is -7.17. The summed E-state index contributed by atoms with van der Waals surface area (Å²) in [4.78, 5) is 42.2. The van der Waals surface area contributed by atoms with Crippen LogP contribution >= 0.6 is 34.8 Å². The second-order valence-electron chi connectivity index (χ2n) is 18.9. The summed E-state index contributed by atoms with van der Waals surface area (Å²) >= 11 is 18.5. The molecule has 2 amide bonds. The quantitative estimate of drug-likeness (QED) is 0.0981. The molecule has 5 N–H and O–H groups in total. The zero-order valence-corrected chi connectivity index (χ0v) is 44.7. The summed E-state index contributed by atoms with van der Waals surface area (Å²) in [5.41, 5.74) is 5.29. The van der Waals surface area contributed by atoms with Gasteiger partial charge in [0.15, 0.2) is 11.3 Å². The fraction of sp³-hybridized carbons (Fsp3) is 0.458. The third-order valence-electron chi connectivity index (χ3n) is 12.9. The van der Waals surface area contributed by atoms with Crippen molar-refractivity contribution in [1.82, 2.24) is 44.3 Å². The number of aryl methyl sites for hydroxylation is 2. The summed E-state index contributed by atoms with van der Waals surface area (Å²) in [6, 6.07) is 12.3. The highest BCUT2D eigenvalue weighted by molar-refractivity contribution is 7.92. The molecular formula is C48H59Cl3N12O8S2. The van der Waals surface area contributed by atoms with Crippen LogP contribution < -0.4 is 19.7 Å². The molecule has 2 aromatic carbocycles. The van der Waals surface area contributed by atoms with E-state index in [4.69, 9.17) is 50.0 Å². The van der Waals surface area contributed by atoms with Gasteiger partial charge in [0, 0.05) is 85.0 Å². The molecule has 8 heterocycles. The molecule has 20 nitrogen and oxygen atoms in total. The van der Waals surface area contributed by atoms with Crippen LogP contribution in [0.2, 0.25) is 15.2 Å². The molecule has 10 rings (SSSR count). The zero-order chi connectivity index (χ0) is 52.4. The molecule has 6 aromatic rings. The number of fused-ring (bicyclic) bond motifs is 2. The predicted octanol–water partition coefficient (Wildman–Crippen LogP) is 6.43. The number of aromatic nitrogens is 6. The van der Waals surface area contributed by atoms with Gasteiger partial charge in [-0.25, -0.2) is 35.8 Å². The fourth-order valence-corrected chi connectivity index (χ4v) is 10.8. The molecule has 4 aliphatic heterocycles. The monoisotopic (exact) mass is 1100 g/mol. The van der Waals surface area contributed by atoms with E-state index in [1.54, 1.807) is 31.0 Å². The van der Waals surface area contributed by atoms with Crippen LogP contribution in [-0.2, 0) is 20.0 Å². The lowest BCUT2D eigenvalue weighted by Crippen LogP contribution is -2.51. The predicted molar refractivity (Wildman–Crippen MR) is 282 cm³/mol. The normalized spacial score (nSPS) is 18.9. The van der Waals surface area contributed by atoms with Gasteiger partial charge in [-0.3, -0.25) is 19.0 Å². The van der Waals surface area contributed by atoms with E-state index >= 15 is 0 Å². The first-order valence-electron chi connectivity index (χ1n) is 24.0. The number of halogens is 3. The van der Waals surface area contributed by atoms with Crippen molar-refractivity contribution >= 4 is 95.2 Å². The van der Waals surface area contributed by atoms with Crippen molar-refractivity contribution in [1.29, 1.82) is 0 Å². The first-order valence-corrected chi connectivity index (χ1v) is 28.9. The van der Waals surface area contributed by atoms with Gasteiger partial charge in [-0.2, -0.15) is 10.2 Å². The summed E-state index contributed by atoms with van der Waals surface area (Å²) in [6.07, 6.45) is 12.4. The van der Waals surface area contributed by atoms with E-state index in [0.717, 1.165) is 99.6 Å². The first-order chi connectivity index (χ1) is 34.6. The second kappa shape index (κ2) is 22.6. The number of likely N-dealkylation sites (tertiary alicyclic amines) is 2. The number of aliphatic hydroxyl groups is 2. The minimum atomic E-state index is -3.59. The van der Waals surface area contributed by atoms with Gasteiger partial charge >= 0.3 is 0 Å². The van der Waals surface area contributed by atoms with Crippen LogP contribution in [0.5, 0.6) is 0 Å². The molecule has 0 aliphatic carbocycles. The Hall–Kier alpha value is -5.33. The Balaban J connectivity index is 0.000000179. The highest BCUT2D eigenvalue weighted by Crippen LogP contribution is 2.36. The lowest BCUT2D eigenvalue weighted by Gasteiger charge is -2.37.